The molecule has 0 aliphatic rings. The SMILES string of the molecule is CCn1c(=O)c2c(C(=O)Nc3cc(Cl)c(OC)cc3OC)cc(=O)n(CC)c2n(C)c1=O. The van der Waals surface area contributed by atoms with Crippen LogP contribution in [0.15, 0.2) is 32.6 Å². The number of anilines is 1. The lowest BCUT2D eigenvalue weighted by atomic mass is 10.1. The molecule has 10 nitrogen and oxygen atoms in total. The van der Waals surface area contributed by atoms with Crippen molar-refractivity contribution in [1.29, 1.82) is 0 Å². The summed E-state index contributed by atoms with van der Waals surface area (Å²) in [5, 5.41) is 2.83. The van der Waals surface area contributed by atoms with E-state index in [1.807, 2.05) is 0 Å². The number of carbonyl (C=O) groups is 1. The number of benzene rings is 1. The van der Waals surface area contributed by atoms with Crippen LogP contribution in [0.5, 0.6) is 11.5 Å². The average Bonchev–Trinajstić information content (AvgIpc) is 2.77. The third-order valence-corrected chi connectivity index (χ3v) is 5.47. The van der Waals surface area contributed by atoms with E-state index in [1.165, 1.54) is 42.5 Å². The van der Waals surface area contributed by atoms with E-state index in [9.17, 15) is 19.2 Å². The van der Waals surface area contributed by atoms with Gasteiger partial charge >= 0.3 is 5.69 Å². The van der Waals surface area contributed by atoms with E-state index >= 15 is 0 Å². The maximum absolute atomic E-state index is 13.2. The highest BCUT2D eigenvalue weighted by Crippen LogP contribution is 2.36. The number of hydrogen-bond donors (Lipinski definition) is 1. The Morgan fingerprint density at radius 2 is 1.62 bits per heavy atom. The zero-order chi connectivity index (χ0) is 23.7. The highest BCUT2D eigenvalue weighted by atomic mass is 35.5. The number of ether oxygens (including phenoxy) is 2. The number of halogens is 1. The molecule has 170 valence electrons. The maximum atomic E-state index is 13.2. The lowest BCUT2D eigenvalue weighted by Gasteiger charge is -2.17. The third-order valence-electron chi connectivity index (χ3n) is 5.18. The van der Waals surface area contributed by atoms with Gasteiger partial charge in [0.05, 0.1) is 35.9 Å². The quantitative estimate of drug-likeness (QED) is 0.597. The number of carbonyl (C=O) groups excluding carboxylic acids is 1. The van der Waals surface area contributed by atoms with Crippen LogP contribution in [-0.2, 0) is 20.1 Å². The number of rotatable bonds is 6. The van der Waals surface area contributed by atoms with E-state index in [-0.39, 0.29) is 46.1 Å². The molecule has 32 heavy (non-hydrogen) atoms. The van der Waals surface area contributed by atoms with E-state index in [2.05, 4.69) is 5.32 Å². The van der Waals surface area contributed by atoms with E-state index in [0.29, 0.717) is 5.75 Å². The summed E-state index contributed by atoms with van der Waals surface area (Å²) in [6.45, 7) is 3.67. The van der Waals surface area contributed by atoms with Gasteiger partial charge in [0.1, 0.15) is 17.1 Å². The largest absolute Gasteiger partial charge is 0.495 e. The topological polar surface area (TPSA) is 114 Å². The van der Waals surface area contributed by atoms with Crippen molar-refractivity contribution in [2.24, 2.45) is 7.05 Å². The normalized spacial score (nSPS) is 10.9. The van der Waals surface area contributed by atoms with E-state index in [0.717, 1.165) is 10.6 Å². The molecular formula is C21H23ClN4O6. The fourth-order valence-electron chi connectivity index (χ4n) is 3.60. The highest BCUT2D eigenvalue weighted by Gasteiger charge is 2.23. The standard InChI is InChI=1S/C21H23ClN4O6/c1-6-25-16(27)8-11(17-19(25)24(3)21(30)26(7-2)20(17)29)18(28)23-13-9-12(22)14(31-4)10-15(13)32-5/h8-10H,6-7H2,1-5H3,(H,23,28). The van der Waals surface area contributed by atoms with Crippen LogP contribution < -0.4 is 31.6 Å². The van der Waals surface area contributed by atoms with Gasteiger partial charge in [-0.25, -0.2) is 4.79 Å². The van der Waals surface area contributed by atoms with Gasteiger partial charge in [-0.3, -0.25) is 28.1 Å². The third kappa shape index (κ3) is 3.66. The number of fused-ring (bicyclic) bond motifs is 1. The molecule has 0 aliphatic carbocycles. The lowest BCUT2D eigenvalue weighted by Crippen LogP contribution is -2.42. The van der Waals surface area contributed by atoms with Gasteiger partial charge in [-0.1, -0.05) is 11.6 Å². The van der Waals surface area contributed by atoms with Crippen molar-refractivity contribution in [2.75, 3.05) is 19.5 Å². The minimum atomic E-state index is -0.728. The van der Waals surface area contributed by atoms with E-state index in [4.69, 9.17) is 21.1 Å². The summed E-state index contributed by atoms with van der Waals surface area (Å²) in [5.74, 6) is -0.115. The first kappa shape index (κ1) is 23.1. The van der Waals surface area contributed by atoms with Crippen LogP contribution in [0.3, 0.4) is 0 Å². The Kier molecular flexibility index (Phi) is 6.45. The van der Waals surface area contributed by atoms with Crippen LogP contribution in [0.1, 0.15) is 24.2 Å². The molecule has 0 aliphatic heterocycles. The summed E-state index contributed by atoms with van der Waals surface area (Å²) < 4.78 is 13.9. The molecule has 0 atom stereocenters. The Hall–Kier alpha value is -3.53. The summed E-state index contributed by atoms with van der Waals surface area (Å²) in [5.41, 5.74) is -1.62. The first-order valence-electron chi connectivity index (χ1n) is 9.80. The Bertz CT molecular complexity index is 1400. The Balaban J connectivity index is 2.31. The van der Waals surface area contributed by atoms with E-state index < -0.39 is 22.7 Å². The fraction of sp³-hybridized carbons (Fsp3) is 0.333. The van der Waals surface area contributed by atoms with Gasteiger partial charge in [-0.15, -0.1) is 0 Å². The number of amides is 1. The molecule has 0 spiro atoms. The van der Waals surface area contributed by atoms with Crippen LogP contribution in [0.4, 0.5) is 5.69 Å². The molecule has 3 aromatic rings. The van der Waals surface area contributed by atoms with Crippen LogP contribution in [0.2, 0.25) is 5.02 Å². The van der Waals surface area contributed by atoms with E-state index in [1.54, 1.807) is 13.8 Å². The first-order chi connectivity index (χ1) is 15.2. The van der Waals surface area contributed by atoms with Crippen molar-refractivity contribution >= 4 is 34.2 Å². The summed E-state index contributed by atoms with van der Waals surface area (Å²) >= 11 is 6.17. The van der Waals surface area contributed by atoms with Crippen molar-refractivity contribution in [2.45, 2.75) is 26.9 Å². The molecular weight excluding hydrogens is 440 g/mol. The second-order valence-electron chi connectivity index (χ2n) is 6.87. The summed E-state index contributed by atoms with van der Waals surface area (Å²) in [4.78, 5) is 51.7. The number of pyridine rings is 1. The molecule has 0 fully saturated rings. The van der Waals surface area contributed by atoms with Crippen LogP contribution in [0.25, 0.3) is 11.0 Å². The van der Waals surface area contributed by atoms with Gasteiger partial charge in [0.15, 0.2) is 0 Å². The second-order valence-corrected chi connectivity index (χ2v) is 7.28. The van der Waals surface area contributed by atoms with Gasteiger partial charge in [0, 0.05) is 32.3 Å². The van der Waals surface area contributed by atoms with Crippen molar-refractivity contribution in [1.82, 2.24) is 13.7 Å². The average molecular weight is 463 g/mol. The zero-order valence-electron chi connectivity index (χ0n) is 18.3. The molecule has 0 unspecified atom stereocenters. The molecule has 0 radical (unpaired) electrons. The fourth-order valence-corrected chi connectivity index (χ4v) is 3.84. The van der Waals surface area contributed by atoms with Crippen LogP contribution >= 0.6 is 11.6 Å². The predicted octanol–water partition coefficient (Wildman–Crippen LogP) is 1.82. The molecule has 0 bridgehead atoms. The monoisotopic (exact) mass is 462 g/mol. The summed E-state index contributed by atoms with van der Waals surface area (Å²) in [7, 11) is 4.30. The number of nitrogens with zero attached hydrogens (tertiary/aromatic N) is 3. The van der Waals surface area contributed by atoms with Gasteiger partial charge < -0.3 is 14.8 Å². The van der Waals surface area contributed by atoms with Crippen molar-refractivity contribution in [3.8, 4) is 11.5 Å². The van der Waals surface area contributed by atoms with Crippen molar-refractivity contribution < 1.29 is 14.3 Å². The van der Waals surface area contributed by atoms with Gasteiger partial charge in [0.25, 0.3) is 17.0 Å². The molecule has 0 saturated heterocycles. The number of nitrogens with one attached hydrogen (secondary N) is 1. The van der Waals surface area contributed by atoms with Crippen LogP contribution in [-0.4, -0.2) is 33.8 Å². The second kappa shape index (κ2) is 8.91. The predicted molar refractivity (Wildman–Crippen MR) is 122 cm³/mol. The zero-order valence-corrected chi connectivity index (χ0v) is 19.1. The number of hydrogen-bond acceptors (Lipinski definition) is 6. The number of aromatic nitrogens is 3. The maximum Gasteiger partial charge on any atom is 0.332 e. The minimum absolute atomic E-state index is 0.0357. The first-order valence-corrected chi connectivity index (χ1v) is 10.2. The molecule has 1 N–H and O–H groups in total. The lowest BCUT2D eigenvalue weighted by molar-refractivity contribution is 0.102. The Morgan fingerprint density at radius 3 is 2.19 bits per heavy atom. The molecule has 2 aromatic heterocycles. The molecule has 0 saturated carbocycles. The number of methoxy groups -OCH3 is 2. The summed E-state index contributed by atoms with van der Waals surface area (Å²) in [6, 6.07) is 4.02. The molecule has 1 amide bonds. The smallest absolute Gasteiger partial charge is 0.332 e. The van der Waals surface area contributed by atoms with Gasteiger partial charge in [-0.2, -0.15) is 0 Å². The summed E-state index contributed by atoms with van der Waals surface area (Å²) in [6.07, 6.45) is 0. The van der Waals surface area contributed by atoms with Crippen LogP contribution in [0, 0.1) is 0 Å². The molecule has 3 rings (SSSR count). The Labute approximate surface area is 187 Å². The molecule has 1 aromatic carbocycles. The molecule has 2 heterocycles. The Morgan fingerprint density at radius 1 is 1.00 bits per heavy atom. The molecule has 11 heteroatoms. The van der Waals surface area contributed by atoms with Crippen molar-refractivity contribution in [3.05, 3.63) is 60.0 Å². The van der Waals surface area contributed by atoms with Gasteiger partial charge in [-0.05, 0) is 19.9 Å². The highest BCUT2D eigenvalue weighted by molar-refractivity contribution is 6.32. The van der Waals surface area contributed by atoms with Crippen molar-refractivity contribution in [3.63, 3.8) is 0 Å². The van der Waals surface area contributed by atoms with Gasteiger partial charge in [0.2, 0.25) is 0 Å². The number of aryl methyl sites for hydroxylation is 2. The minimum Gasteiger partial charge on any atom is -0.495 e.